The topological polar surface area (TPSA) is 61.5 Å². The summed E-state index contributed by atoms with van der Waals surface area (Å²) in [5, 5.41) is 0. The molecule has 0 aromatic heterocycles. The van der Waals surface area contributed by atoms with Crippen molar-refractivity contribution >= 4 is 43.5 Å². The van der Waals surface area contributed by atoms with Crippen LogP contribution in [0.2, 0.25) is 0 Å². The minimum Gasteiger partial charge on any atom is -0.457 e. The Morgan fingerprint density at radius 3 is 2.72 bits per heavy atom. The highest BCUT2D eigenvalue weighted by Gasteiger charge is 2.17. The molecule has 0 aliphatic carbocycles. The molecule has 1 unspecified atom stereocenters. The second-order valence-electron chi connectivity index (χ2n) is 3.72. The Hall–Kier alpha value is -0.590. The molecule has 1 atom stereocenters. The van der Waals surface area contributed by atoms with Crippen LogP contribution in [0.3, 0.4) is 0 Å². The van der Waals surface area contributed by atoms with E-state index in [0.29, 0.717) is 28.9 Å². The molecule has 0 heterocycles. The summed E-state index contributed by atoms with van der Waals surface area (Å²) in [6, 6.07) is 3.41. The van der Waals surface area contributed by atoms with Gasteiger partial charge in [0.05, 0.1) is 17.9 Å². The lowest BCUT2D eigenvalue weighted by atomic mass is 10.2. The van der Waals surface area contributed by atoms with E-state index in [-0.39, 0.29) is 6.10 Å². The number of anilines is 1. The summed E-state index contributed by atoms with van der Waals surface area (Å²) in [5.41, 5.74) is 6.53. The Balaban J connectivity index is 2.78. The van der Waals surface area contributed by atoms with Gasteiger partial charge in [0.25, 0.3) is 0 Å². The molecule has 0 spiro atoms. The van der Waals surface area contributed by atoms with E-state index in [1.807, 2.05) is 6.92 Å². The summed E-state index contributed by atoms with van der Waals surface area (Å²) < 4.78 is 11.8. The molecule has 6 heteroatoms. The molecule has 100 valence electrons. The Kier molecular flexibility index (Phi) is 6.11. The van der Waals surface area contributed by atoms with Gasteiger partial charge in [-0.2, -0.15) is 0 Å². The van der Waals surface area contributed by atoms with E-state index in [1.165, 1.54) is 0 Å². The lowest BCUT2D eigenvalue weighted by molar-refractivity contribution is 0.00448. The van der Waals surface area contributed by atoms with E-state index < -0.39 is 5.97 Å². The number of nitrogen functional groups attached to an aromatic ring is 1. The summed E-state index contributed by atoms with van der Waals surface area (Å²) in [6.45, 7) is 4.62. The number of carbonyl (C=O) groups is 1. The highest BCUT2D eigenvalue weighted by molar-refractivity contribution is 9.11. The average molecular weight is 381 g/mol. The van der Waals surface area contributed by atoms with Crippen molar-refractivity contribution in [1.82, 2.24) is 0 Å². The molecule has 18 heavy (non-hydrogen) atoms. The molecule has 0 amide bonds. The zero-order chi connectivity index (χ0) is 13.7. The molecule has 4 nitrogen and oxygen atoms in total. The average Bonchev–Trinajstić information content (AvgIpc) is 2.30. The first-order valence-electron chi connectivity index (χ1n) is 5.49. The quantitative estimate of drug-likeness (QED) is 0.628. The zero-order valence-corrected chi connectivity index (χ0v) is 13.4. The Labute approximate surface area is 123 Å². The number of esters is 1. The van der Waals surface area contributed by atoms with Crippen molar-refractivity contribution in [2.24, 2.45) is 0 Å². The number of rotatable bonds is 5. The van der Waals surface area contributed by atoms with Gasteiger partial charge in [0.1, 0.15) is 6.10 Å². The minimum absolute atomic E-state index is 0.311. The smallest absolute Gasteiger partial charge is 0.340 e. The summed E-state index contributed by atoms with van der Waals surface area (Å²) in [7, 11) is 0. The van der Waals surface area contributed by atoms with Gasteiger partial charge in [-0.05, 0) is 41.9 Å². The third-order valence-electron chi connectivity index (χ3n) is 2.18. The fraction of sp³-hybridized carbons (Fsp3) is 0.417. The standard InChI is InChI=1S/C12H15Br2NO3/c1-3-17-6-7(2)18-12(16)9-4-8(13)5-10(14)11(9)15/h4-5,7H,3,6,15H2,1-2H3. The molecule has 0 radical (unpaired) electrons. The molecule has 1 rings (SSSR count). The van der Waals surface area contributed by atoms with E-state index >= 15 is 0 Å². The molecule has 2 N–H and O–H groups in total. The highest BCUT2D eigenvalue weighted by Crippen LogP contribution is 2.28. The van der Waals surface area contributed by atoms with Crippen LogP contribution in [0.15, 0.2) is 21.1 Å². The van der Waals surface area contributed by atoms with Crippen molar-refractivity contribution < 1.29 is 14.3 Å². The number of halogens is 2. The second-order valence-corrected chi connectivity index (χ2v) is 5.49. The summed E-state index contributed by atoms with van der Waals surface area (Å²) in [6.07, 6.45) is -0.311. The third kappa shape index (κ3) is 4.26. The number of hydrogen-bond donors (Lipinski definition) is 1. The fourth-order valence-electron chi connectivity index (χ4n) is 1.32. The Bertz CT molecular complexity index is 438. The fourth-order valence-corrected chi connectivity index (χ4v) is 2.54. The van der Waals surface area contributed by atoms with Gasteiger partial charge in [0.15, 0.2) is 0 Å². The first-order chi connectivity index (χ1) is 8.45. The summed E-state index contributed by atoms with van der Waals surface area (Å²) in [5.74, 6) is -0.457. The number of hydrogen-bond acceptors (Lipinski definition) is 4. The third-order valence-corrected chi connectivity index (χ3v) is 3.29. The minimum atomic E-state index is -0.457. The van der Waals surface area contributed by atoms with Gasteiger partial charge >= 0.3 is 5.97 Å². The monoisotopic (exact) mass is 379 g/mol. The molecule has 1 aromatic rings. The van der Waals surface area contributed by atoms with E-state index in [2.05, 4.69) is 31.9 Å². The first kappa shape index (κ1) is 15.5. The van der Waals surface area contributed by atoms with Gasteiger partial charge < -0.3 is 15.2 Å². The molecule has 0 bridgehead atoms. The number of ether oxygens (including phenoxy) is 2. The van der Waals surface area contributed by atoms with Gasteiger partial charge in [0, 0.05) is 15.6 Å². The van der Waals surface area contributed by atoms with Crippen LogP contribution in [-0.2, 0) is 9.47 Å². The molecular formula is C12H15Br2NO3. The van der Waals surface area contributed by atoms with Crippen LogP contribution in [0.25, 0.3) is 0 Å². The largest absolute Gasteiger partial charge is 0.457 e. The second kappa shape index (κ2) is 7.11. The normalized spacial score (nSPS) is 12.2. The van der Waals surface area contributed by atoms with Crippen molar-refractivity contribution in [1.29, 1.82) is 0 Å². The maximum absolute atomic E-state index is 11.9. The predicted molar refractivity (Wildman–Crippen MR) is 77.6 cm³/mol. The maximum atomic E-state index is 11.9. The van der Waals surface area contributed by atoms with Crippen LogP contribution < -0.4 is 5.73 Å². The van der Waals surface area contributed by atoms with Gasteiger partial charge in [-0.1, -0.05) is 15.9 Å². The van der Waals surface area contributed by atoms with Gasteiger partial charge in [-0.25, -0.2) is 4.79 Å². The Morgan fingerprint density at radius 1 is 1.44 bits per heavy atom. The number of benzene rings is 1. The van der Waals surface area contributed by atoms with E-state index in [0.717, 1.165) is 4.47 Å². The van der Waals surface area contributed by atoms with Crippen molar-refractivity contribution in [3.8, 4) is 0 Å². The lowest BCUT2D eigenvalue weighted by Gasteiger charge is -2.14. The van der Waals surface area contributed by atoms with Crippen molar-refractivity contribution in [2.45, 2.75) is 20.0 Å². The van der Waals surface area contributed by atoms with Crippen LogP contribution >= 0.6 is 31.9 Å². The van der Waals surface area contributed by atoms with Crippen molar-refractivity contribution in [3.05, 3.63) is 26.6 Å². The zero-order valence-electron chi connectivity index (χ0n) is 10.2. The predicted octanol–water partition coefficient (Wildman–Crippen LogP) is 3.38. The van der Waals surface area contributed by atoms with Gasteiger partial charge in [-0.15, -0.1) is 0 Å². The van der Waals surface area contributed by atoms with E-state index in [9.17, 15) is 4.79 Å². The molecule has 0 saturated carbocycles. The van der Waals surface area contributed by atoms with Crippen LogP contribution in [0.4, 0.5) is 5.69 Å². The van der Waals surface area contributed by atoms with Crippen molar-refractivity contribution in [2.75, 3.05) is 18.9 Å². The lowest BCUT2D eigenvalue weighted by Crippen LogP contribution is -2.21. The van der Waals surface area contributed by atoms with Crippen LogP contribution in [0.5, 0.6) is 0 Å². The molecule has 0 fully saturated rings. The van der Waals surface area contributed by atoms with Crippen LogP contribution in [0, 0.1) is 0 Å². The maximum Gasteiger partial charge on any atom is 0.340 e. The molecule has 1 aromatic carbocycles. The summed E-state index contributed by atoms with van der Waals surface area (Å²) >= 11 is 6.59. The number of nitrogens with two attached hydrogens (primary N) is 1. The van der Waals surface area contributed by atoms with E-state index in [1.54, 1.807) is 19.1 Å². The van der Waals surface area contributed by atoms with Gasteiger partial charge in [-0.3, -0.25) is 0 Å². The molecule has 0 aliphatic heterocycles. The molecular weight excluding hydrogens is 366 g/mol. The van der Waals surface area contributed by atoms with Gasteiger partial charge in [0.2, 0.25) is 0 Å². The van der Waals surface area contributed by atoms with E-state index in [4.69, 9.17) is 15.2 Å². The summed E-state index contributed by atoms with van der Waals surface area (Å²) in [4.78, 5) is 11.9. The Morgan fingerprint density at radius 2 is 2.11 bits per heavy atom. The van der Waals surface area contributed by atoms with Crippen molar-refractivity contribution in [3.63, 3.8) is 0 Å². The highest BCUT2D eigenvalue weighted by atomic mass is 79.9. The van der Waals surface area contributed by atoms with Crippen LogP contribution in [0.1, 0.15) is 24.2 Å². The SMILES string of the molecule is CCOCC(C)OC(=O)c1cc(Br)cc(Br)c1N. The first-order valence-corrected chi connectivity index (χ1v) is 7.07. The molecule has 0 saturated heterocycles. The van der Waals surface area contributed by atoms with Crippen LogP contribution in [-0.4, -0.2) is 25.3 Å². The number of carbonyl (C=O) groups excluding carboxylic acids is 1. The molecule has 0 aliphatic rings.